The van der Waals surface area contributed by atoms with Crippen molar-refractivity contribution in [3.05, 3.63) is 70.7 Å². The van der Waals surface area contributed by atoms with Crippen LogP contribution in [0.2, 0.25) is 5.02 Å². The van der Waals surface area contributed by atoms with Gasteiger partial charge in [-0.15, -0.1) is 0 Å². The molecule has 2 aromatic carbocycles. The van der Waals surface area contributed by atoms with Crippen LogP contribution in [-0.2, 0) is 21.9 Å². The minimum Gasteiger partial charge on any atom is -0.354 e. The average Bonchev–Trinajstić information content (AvgIpc) is 2.74. The normalized spacial score (nSPS) is 11.9. The second kappa shape index (κ2) is 12.7. The van der Waals surface area contributed by atoms with Crippen molar-refractivity contribution >= 4 is 35.2 Å². The maximum absolute atomic E-state index is 13.0. The fraction of sp³-hybridized carbons (Fsp3) is 0.417. The number of carbonyl (C=O) groups excluding carboxylic acids is 2. The molecule has 0 bridgehead atoms. The van der Waals surface area contributed by atoms with Gasteiger partial charge < -0.3 is 10.2 Å². The molecule has 6 heteroatoms. The first-order chi connectivity index (χ1) is 14.4. The molecular weight excluding hydrogens is 416 g/mol. The first-order valence-corrected chi connectivity index (χ1v) is 11.8. The zero-order valence-electron chi connectivity index (χ0n) is 17.9. The maximum atomic E-state index is 13.0. The van der Waals surface area contributed by atoms with E-state index in [1.807, 2.05) is 44.2 Å². The van der Waals surface area contributed by atoms with Crippen LogP contribution in [0.25, 0.3) is 0 Å². The van der Waals surface area contributed by atoms with E-state index < -0.39 is 6.04 Å². The zero-order chi connectivity index (χ0) is 21.9. The lowest BCUT2D eigenvalue weighted by atomic mass is 10.1. The van der Waals surface area contributed by atoms with E-state index in [4.69, 9.17) is 11.6 Å². The topological polar surface area (TPSA) is 49.4 Å². The van der Waals surface area contributed by atoms with Crippen molar-refractivity contribution in [3.8, 4) is 0 Å². The van der Waals surface area contributed by atoms with Gasteiger partial charge in [-0.05, 0) is 36.1 Å². The highest BCUT2D eigenvalue weighted by Gasteiger charge is 2.25. The smallest absolute Gasteiger partial charge is 0.242 e. The maximum Gasteiger partial charge on any atom is 0.242 e. The van der Waals surface area contributed by atoms with E-state index in [2.05, 4.69) is 17.4 Å². The fourth-order valence-electron chi connectivity index (χ4n) is 2.89. The number of rotatable bonds is 11. The number of hydrogen-bond donors (Lipinski definition) is 1. The summed E-state index contributed by atoms with van der Waals surface area (Å²) in [7, 11) is 0. The van der Waals surface area contributed by atoms with Crippen LogP contribution in [0, 0.1) is 5.92 Å². The minimum absolute atomic E-state index is 0.0160. The van der Waals surface area contributed by atoms with E-state index in [1.165, 1.54) is 5.56 Å². The van der Waals surface area contributed by atoms with Crippen LogP contribution in [0.15, 0.2) is 54.6 Å². The van der Waals surface area contributed by atoms with Crippen molar-refractivity contribution in [3.63, 3.8) is 0 Å². The second-order valence-corrected chi connectivity index (χ2v) is 9.29. The molecule has 162 valence electrons. The van der Waals surface area contributed by atoms with Gasteiger partial charge in [0.15, 0.2) is 0 Å². The van der Waals surface area contributed by atoms with Crippen LogP contribution in [0.1, 0.15) is 38.3 Å². The molecule has 0 unspecified atom stereocenters. The van der Waals surface area contributed by atoms with Gasteiger partial charge in [0.25, 0.3) is 0 Å². The highest BCUT2D eigenvalue weighted by atomic mass is 35.5. The number of benzene rings is 2. The van der Waals surface area contributed by atoms with Gasteiger partial charge in [-0.25, -0.2) is 0 Å². The average molecular weight is 447 g/mol. The largest absolute Gasteiger partial charge is 0.354 e. The molecule has 2 amide bonds. The molecular formula is C24H31ClN2O2S. The number of halogens is 1. The van der Waals surface area contributed by atoms with E-state index in [9.17, 15) is 9.59 Å². The third kappa shape index (κ3) is 8.41. The summed E-state index contributed by atoms with van der Waals surface area (Å²) in [5.74, 6) is 1.80. The Bertz CT molecular complexity index is 797. The summed E-state index contributed by atoms with van der Waals surface area (Å²) in [6.07, 6.45) is 0.396. The molecule has 1 atom stereocenters. The van der Waals surface area contributed by atoms with E-state index in [0.29, 0.717) is 36.2 Å². The molecule has 4 nitrogen and oxygen atoms in total. The van der Waals surface area contributed by atoms with Gasteiger partial charge in [0.2, 0.25) is 11.8 Å². The summed E-state index contributed by atoms with van der Waals surface area (Å²) in [4.78, 5) is 27.3. The molecule has 0 fully saturated rings. The Kier molecular flexibility index (Phi) is 10.2. The van der Waals surface area contributed by atoms with Gasteiger partial charge in [0, 0.05) is 36.0 Å². The summed E-state index contributed by atoms with van der Waals surface area (Å²) >= 11 is 7.71. The molecule has 0 aliphatic heterocycles. The third-order valence-electron chi connectivity index (χ3n) is 4.69. The Balaban J connectivity index is 1.98. The van der Waals surface area contributed by atoms with Crippen LogP contribution in [0.5, 0.6) is 0 Å². The SMILES string of the molecule is CC(C)CNC(=O)[C@H](C)N(Cc1ccc(Cl)cc1)C(=O)CCSCc1ccccc1. The Morgan fingerprint density at radius 1 is 1.00 bits per heavy atom. The van der Waals surface area contributed by atoms with Crippen molar-refractivity contribution in [2.24, 2.45) is 5.92 Å². The number of amides is 2. The van der Waals surface area contributed by atoms with Crippen LogP contribution in [0.3, 0.4) is 0 Å². The molecule has 1 N–H and O–H groups in total. The summed E-state index contributed by atoms with van der Waals surface area (Å²) < 4.78 is 0. The molecule has 2 aromatic rings. The molecule has 0 aliphatic rings. The Hall–Kier alpha value is -1.98. The predicted octanol–water partition coefficient (Wildman–Crippen LogP) is 5.15. The third-order valence-corrected chi connectivity index (χ3v) is 5.97. The quantitative estimate of drug-likeness (QED) is 0.485. The van der Waals surface area contributed by atoms with Gasteiger partial charge in [0.1, 0.15) is 6.04 Å². The monoisotopic (exact) mass is 446 g/mol. The lowest BCUT2D eigenvalue weighted by Gasteiger charge is -2.29. The molecule has 0 aromatic heterocycles. The highest BCUT2D eigenvalue weighted by molar-refractivity contribution is 7.98. The van der Waals surface area contributed by atoms with Gasteiger partial charge in [-0.2, -0.15) is 11.8 Å². The number of nitrogens with one attached hydrogen (secondary N) is 1. The summed E-state index contributed by atoms with van der Waals surface area (Å²) in [5.41, 5.74) is 2.20. The van der Waals surface area contributed by atoms with Gasteiger partial charge >= 0.3 is 0 Å². The number of hydrogen-bond acceptors (Lipinski definition) is 3. The number of thioether (sulfide) groups is 1. The molecule has 2 rings (SSSR count). The van der Waals surface area contributed by atoms with E-state index >= 15 is 0 Å². The molecule has 0 saturated carbocycles. The van der Waals surface area contributed by atoms with E-state index in [-0.39, 0.29) is 11.8 Å². The van der Waals surface area contributed by atoms with Gasteiger partial charge in [-0.3, -0.25) is 9.59 Å². The summed E-state index contributed by atoms with van der Waals surface area (Å²) in [6.45, 7) is 6.87. The lowest BCUT2D eigenvalue weighted by Crippen LogP contribution is -2.48. The van der Waals surface area contributed by atoms with Crippen LogP contribution in [-0.4, -0.2) is 35.1 Å². The fourth-order valence-corrected chi connectivity index (χ4v) is 3.91. The van der Waals surface area contributed by atoms with Crippen LogP contribution < -0.4 is 5.32 Å². The van der Waals surface area contributed by atoms with Crippen LogP contribution in [0.4, 0.5) is 0 Å². The van der Waals surface area contributed by atoms with Crippen molar-refractivity contribution in [2.75, 3.05) is 12.3 Å². The number of nitrogens with zero attached hydrogens (tertiary/aromatic N) is 1. The number of carbonyl (C=O) groups is 2. The molecule has 0 spiro atoms. The van der Waals surface area contributed by atoms with Crippen LogP contribution >= 0.6 is 23.4 Å². The van der Waals surface area contributed by atoms with Crippen molar-refractivity contribution in [2.45, 2.75) is 45.5 Å². The predicted molar refractivity (Wildman–Crippen MR) is 127 cm³/mol. The molecule has 0 heterocycles. The van der Waals surface area contributed by atoms with Crippen molar-refractivity contribution in [1.29, 1.82) is 0 Å². The summed E-state index contributed by atoms with van der Waals surface area (Å²) in [6, 6.07) is 17.1. The van der Waals surface area contributed by atoms with Gasteiger partial charge in [-0.1, -0.05) is 67.9 Å². The first-order valence-electron chi connectivity index (χ1n) is 10.3. The van der Waals surface area contributed by atoms with Gasteiger partial charge in [0.05, 0.1) is 0 Å². The van der Waals surface area contributed by atoms with Crippen molar-refractivity contribution in [1.82, 2.24) is 10.2 Å². The van der Waals surface area contributed by atoms with Crippen molar-refractivity contribution < 1.29 is 9.59 Å². The molecule has 30 heavy (non-hydrogen) atoms. The minimum atomic E-state index is -0.536. The Morgan fingerprint density at radius 3 is 2.30 bits per heavy atom. The molecule has 0 saturated heterocycles. The highest BCUT2D eigenvalue weighted by Crippen LogP contribution is 2.17. The standard InChI is InChI=1S/C24H31ClN2O2S/c1-18(2)15-26-24(29)19(3)27(16-20-9-11-22(25)12-10-20)23(28)13-14-30-17-21-7-5-4-6-8-21/h4-12,18-19H,13-17H2,1-3H3,(H,26,29)/t19-/m0/s1. The lowest BCUT2D eigenvalue weighted by molar-refractivity contribution is -0.140. The Morgan fingerprint density at radius 2 is 1.67 bits per heavy atom. The molecule has 0 aliphatic carbocycles. The Labute approximate surface area is 189 Å². The van der Waals surface area contributed by atoms with E-state index in [0.717, 1.165) is 11.3 Å². The zero-order valence-corrected chi connectivity index (χ0v) is 19.5. The second-order valence-electron chi connectivity index (χ2n) is 7.75. The summed E-state index contributed by atoms with van der Waals surface area (Å²) in [5, 5.41) is 3.59. The van der Waals surface area contributed by atoms with E-state index in [1.54, 1.807) is 35.7 Å². The first kappa shape index (κ1) is 24.3. The molecule has 0 radical (unpaired) electrons.